The van der Waals surface area contributed by atoms with Gasteiger partial charge < -0.3 is 10.6 Å². The van der Waals surface area contributed by atoms with Gasteiger partial charge >= 0.3 is 6.03 Å². The van der Waals surface area contributed by atoms with Crippen molar-refractivity contribution in [3.63, 3.8) is 0 Å². The minimum absolute atomic E-state index is 0.0724. The highest BCUT2D eigenvalue weighted by atomic mass is 16.2. The van der Waals surface area contributed by atoms with Crippen molar-refractivity contribution in [2.75, 3.05) is 19.6 Å². The number of amides is 2. The molecule has 3 aliphatic heterocycles. The quantitative estimate of drug-likeness (QED) is 0.717. The number of carbonyl (C=O) groups excluding carboxylic acids is 1. The summed E-state index contributed by atoms with van der Waals surface area (Å²) < 4.78 is 2.17. The van der Waals surface area contributed by atoms with Gasteiger partial charge in [0.2, 0.25) is 0 Å². The Morgan fingerprint density at radius 2 is 1.91 bits per heavy atom. The molecule has 3 saturated heterocycles. The first kappa shape index (κ1) is 21.5. The lowest BCUT2D eigenvalue weighted by molar-refractivity contribution is 0.0294. The maximum absolute atomic E-state index is 12.3. The van der Waals surface area contributed by atoms with Crippen molar-refractivity contribution in [3.05, 3.63) is 53.3 Å². The van der Waals surface area contributed by atoms with Crippen LogP contribution in [-0.4, -0.2) is 46.4 Å². The van der Waals surface area contributed by atoms with Gasteiger partial charge in [0.1, 0.15) is 0 Å². The monoisotopic (exact) mass is 435 g/mol. The molecule has 0 radical (unpaired) electrons. The highest BCUT2D eigenvalue weighted by Gasteiger charge is 2.42. The zero-order valence-electron chi connectivity index (χ0n) is 19.3. The molecule has 32 heavy (non-hydrogen) atoms. The van der Waals surface area contributed by atoms with E-state index in [1.54, 1.807) is 0 Å². The van der Waals surface area contributed by atoms with Crippen molar-refractivity contribution < 1.29 is 4.79 Å². The Morgan fingerprint density at radius 3 is 2.66 bits per heavy atom. The fourth-order valence-electron chi connectivity index (χ4n) is 6.19. The van der Waals surface area contributed by atoms with Crippen LogP contribution in [0, 0.1) is 5.92 Å². The predicted octanol–water partition coefficient (Wildman–Crippen LogP) is 4.15. The summed E-state index contributed by atoms with van der Waals surface area (Å²) in [5.41, 5.74) is 3.87. The van der Waals surface area contributed by atoms with E-state index in [9.17, 15) is 4.79 Å². The summed E-state index contributed by atoms with van der Waals surface area (Å²) in [5, 5.41) is 11.0. The lowest BCUT2D eigenvalue weighted by Gasteiger charge is -2.49. The smallest absolute Gasteiger partial charge is 0.315 e. The molecule has 4 atom stereocenters. The maximum Gasteiger partial charge on any atom is 0.315 e. The number of benzene rings is 1. The highest BCUT2D eigenvalue weighted by molar-refractivity contribution is 5.73. The van der Waals surface area contributed by atoms with Gasteiger partial charge in [-0.2, -0.15) is 5.10 Å². The van der Waals surface area contributed by atoms with Crippen LogP contribution in [0.1, 0.15) is 73.7 Å². The lowest BCUT2D eigenvalue weighted by atomic mass is 9.74. The number of aromatic nitrogens is 2. The first-order chi connectivity index (χ1) is 15.7. The van der Waals surface area contributed by atoms with Crippen LogP contribution in [0.15, 0.2) is 36.4 Å². The number of fused-ring (bicyclic) bond motifs is 3. The number of nitrogens with one attached hydrogen (secondary N) is 2. The van der Waals surface area contributed by atoms with E-state index in [0.29, 0.717) is 30.3 Å². The lowest BCUT2D eigenvalue weighted by Crippen LogP contribution is -2.56. The van der Waals surface area contributed by atoms with Gasteiger partial charge in [0, 0.05) is 50.3 Å². The highest BCUT2D eigenvalue weighted by Crippen LogP contribution is 2.42. The molecule has 172 valence electrons. The van der Waals surface area contributed by atoms with Gasteiger partial charge in [-0.05, 0) is 49.8 Å². The summed E-state index contributed by atoms with van der Waals surface area (Å²) in [7, 11) is 2.13. The Morgan fingerprint density at radius 1 is 1.09 bits per heavy atom. The van der Waals surface area contributed by atoms with Crippen LogP contribution in [0.5, 0.6) is 0 Å². The molecule has 1 aliphatic carbocycles. The van der Waals surface area contributed by atoms with Gasteiger partial charge in [-0.3, -0.25) is 9.58 Å². The third-order valence-corrected chi connectivity index (χ3v) is 8.01. The first-order valence-electron chi connectivity index (χ1n) is 12.5. The van der Waals surface area contributed by atoms with E-state index in [0.717, 1.165) is 31.6 Å². The standard InChI is InChI=1S/C26H37N5O/c1-30-25(15-24(29-30)20-10-6-3-7-11-20)23-18-31-13-12-21(23)14-22(31)17-28-26(32)27-16-19-8-4-2-5-9-19/h2,4-5,8-9,15,20-23H,3,6-7,10-14,16-18H2,1H3,(H2,27,28,32). The Labute approximate surface area is 191 Å². The van der Waals surface area contributed by atoms with Crippen LogP contribution in [0.25, 0.3) is 0 Å². The van der Waals surface area contributed by atoms with Gasteiger partial charge in [0.15, 0.2) is 0 Å². The van der Waals surface area contributed by atoms with Gasteiger partial charge in [-0.15, -0.1) is 0 Å². The molecule has 0 spiro atoms. The Kier molecular flexibility index (Phi) is 6.49. The normalized spacial score (nSPS) is 27.9. The second kappa shape index (κ2) is 9.65. The Bertz CT molecular complexity index is 904. The van der Waals surface area contributed by atoms with Gasteiger partial charge in [0.25, 0.3) is 0 Å². The van der Waals surface area contributed by atoms with E-state index in [1.807, 2.05) is 30.3 Å². The van der Waals surface area contributed by atoms with Gasteiger partial charge in [0.05, 0.1) is 5.69 Å². The molecule has 4 unspecified atom stereocenters. The number of carbonyl (C=O) groups is 1. The molecule has 1 aromatic heterocycles. The van der Waals surface area contributed by atoms with Crippen molar-refractivity contribution in [2.45, 2.75) is 69.4 Å². The fraction of sp³-hybridized carbons (Fsp3) is 0.615. The van der Waals surface area contributed by atoms with Crippen molar-refractivity contribution in [3.8, 4) is 0 Å². The molecular weight excluding hydrogens is 398 g/mol. The number of hydrogen-bond donors (Lipinski definition) is 2. The third kappa shape index (κ3) is 4.70. The zero-order valence-corrected chi connectivity index (χ0v) is 19.3. The second-order valence-electron chi connectivity index (χ2n) is 10.0. The van der Waals surface area contributed by atoms with Crippen LogP contribution in [-0.2, 0) is 13.6 Å². The topological polar surface area (TPSA) is 62.2 Å². The predicted molar refractivity (Wildman–Crippen MR) is 127 cm³/mol. The van der Waals surface area contributed by atoms with Crippen LogP contribution in [0.4, 0.5) is 4.79 Å². The molecule has 4 heterocycles. The fourth-order valence-corrected chi connectivity index (χ4v) is 6.19. The molecule has 6 rings (SSSR count). The Hall–Kier alpha value is -2.34. The number of nitrogens with zero attached hydrogens (tertiary/aromatic N) is 3. The van der Waals surface area contributed by atoms with Crippen molar-refractivity contribution in [2.24, 2.45) is 13.0 Å². The van der Waals surface area contributed by atoms with Gasteiger partial charge in [-0.1, -0.05) is 49.6 Å². The van der Waals surface area contributed by atoms with E-state index in [4.69, 9.17) is 5.10 Å². The van der Waals surface area contributed by atoms with Crippen molar-refractivity contribution >= 4 is 6.03 Å². The number of aryl methyl sites for hydroxylation is 1. The minimum Gasteiger partial charge on any atom is -0.337 e. The van der Waals surface area contributed by atoms with E-state index in [2.05, 4.69) is 33.3 Å². The summed E-state index contributed by atoms with van der Waals surface area (Å²) in [6.45, 7) is 3.52. The number of hydrogen-bond acceptors (Lipinski definition) is 3. The molecule has 1 aromatic carbocycles. The summed E-state index contributed by atoms with van der Waals surface area (Å²) in [5.74, 6) is 1.92. The van der Waals surface area contributed by atoms with Crippen LogP contribution < -0.4 is 10.6 Å². The molecule has 4 fully saturated rings. The molecule has 2 N–H and O–H groups in total. The molecule has 4 aliphatic rings. The second-order valence-corrected chi connectivity index (χ2v) is 10.0. The molecule has 6 nitrogen and oxygen atoms in total. The van der Waals surface area contributed by atoms with E-state index >= 15 is 0 Å². The van der Waals surface area contributed by atoms with Crippen LogP contribution >= 0.6 is 0 Å². The number of piperidine rings is 3. The summed E-state index contributed by atoms with van der Waals surface area (Å²) in [4.78, 5) is 14.9. The summed E-state index contributed by atoms with van der Waals surface area (Å²) in [6, 6.07) is 12.8. The average Bonchev–Trinajstić information content (AvgIpc) is 3.24. The third-order valence-electron chi connectivity index (χ3n) is 8.01. The number of urea groups is 1. The minimum atomic E-state index is -0.0724. The van der Waals surface area contributed by atoms with Crippen molar-refractivity contribution in [1.82, 2.24) is 25.3 Å². The van der Waals surface area contributed by atoms with E-state index < -0.39 is 0 Å². The molecule has 6 heteroatoms. The largest absolute Gasteiger partial charge is 0.337 e. The molecular formula is C26H37N5O. The van der Waals surface area contributed by atoms with E-state index in [1.165, 1.54) is 49.9 Å². The molecule has 2 aromatic rings. The molecule has 2 amide bonds. The first-order valence-corrected chi connectivity index (χ1v) is 12.5. The molecule has 2 bridgehead atoms. The van der Waals surface area contributed by atoms with E-state index in [-0.39, 0.29) is 6.03 Å². The SMILES string of the molecule is Cn1nc(C2CCCCC2)cc1C1CN2CCC1CC2CNC(=O)NCc1ccccc1. The van der Waals surface area contributed by atoms with Crippen LogP contribution in [0.2, 0.25) is 0 Å². The zero-order chi connectivity index (χ0) is 21.9. The summed E-state index contributed by atoms with van der Waals surface area (Å²) >= 11 is 0. The average molecular weight is 436 g/mol. The Balaban J connectivity index is 1.15. The van der Waals surface area contributed by atoms with Crippen LogP contribution in [0.3, 0.4) is 0 Å². The maximum atomic E-state index is 12.3. The summed E-state index contributed by atoms with van der Waals surface area (Å²) in [6.07, 6.45) is 9.11. The molecule has 1 saturated carbocycles. The van der Waals surface area contributed by atoms with Crippen molar-refractivity contribution in [1.29, 1.82) is 0 Å². The van der Waals surface area contributed by atoms with Gasteiger partial charge in [-0.25, -0.2) is 4.79 Å². The number of rotatable bonds is 6.